The minimum atomic E-state index is -5.08. The maximum Gasteiger partial charge on any atom is 0.490 e. The first-order valence-electron chi connectivity index (χ1n) is 13.2. The number of thioether (sulfide) groups is 1. The number of nitrogens with zero attached hydrogens (tertiary/aromatic N) is 3. The standard InChI is InChI=1S/C26H25N5O6S.C2HF3O2/c27-21-24(35)31-22(26(36)37)17(14-38-25(21)31)11-16-7-10-30(23(16)34)12-15-5-8-29(9-6-15)13-20(33)28-18-1-3-19(32)4-2-18;3-2(4,5)1(6)7/h1-6,8-9,11,21,25H,7,10,12-14,27H2,(H2-,28,32,33,36,37);(H,6,7)/p+1/b16-11+;/t21-,25-;/m1./s1. The molecule has 45 heavy (non-hydrogen) atoms. The summed E-state index contributed by atoms with van der Waals surface area (Å²) < 4.78 is 33.5. The number of rotatable bonds is 7. The van der Waals surface area contributed by atoms with E-state index in [1.807, 2.05) is 12.1 Å². The van der Waals surface area contributed by atoms with E-state index >= 15 is 0 Å². The number of amides is 3. The molecule has 0 radical (unpaired) electrons. The summed E-state index contributed by atoms with van der Waals surface area (Å²) in [5.41, 5.74) is 8.12. The molecule has 5 rings (SSSR count). The molecule has 13 nitrogen and oxygen atoms in total. The summed E-state index contributed by atoms with van der Waals surface area (Å²) in [5, 5.41) is 28.6. The fraction of sp³-hybridized carbons (Fsp3) is 0.286. The number of nitrogens with two attached hydrogens (primary N) is 1. The predicted molar refractivity (Wildman–Crippen MR) is 151 cm³/mol. The number of carbonyl (C=O) groups excluding carboxylic acids is 3. The molecule has 2 atom stereocenters. The van der Waals surface area contributed by atoms with Crippen LogP contribution in [0, 0.1) is 0 Å². The summed E-state index contributed by atoms with van der Waals surface area (Å²) in [6.07, 6.45) is 0.522. The lowest BCUT2D eigenvalue weighted by Crippen LogP contribution is -2.68. The molecule has 0 aliphatic carbocycles. The molecule has 0 spiro atoms. The predicted octanol–water partition coefficient (Wildman–Crippen LogP) is 1.19. The van der Waals surface area contributed by atoms with Crippen LogP contribution in [-0.2, 0) is 37.1 Å². The van der Waals surface area contributed by atoms with Gasteiger partial charge in [0.2, 0.25) is 18.4 Å². The van der Waals surface area contributed by atoms with Crippen LogP contribution in [0.5, 0.6) is 5.75 Å². The van der Waals surface area contributed by atoms with Crippen molar-refractivity contribution < 1.29 is 57.0 Å². The second-order valence-electron chi connectivity index (χ2n) is 10.0. The number of anilines is 1. The second kappa shape index (κ2) is 13.4. The SMILES string of the molecule is N[C@@H]1C(=O)N2C(C(=O)O)=C(/C=C3\CCN(Cc4cc[n+](CC(=O)Nc5ccc(O)cc5)cc4)C3=O)CS[C@H]12.O=C(O)C(F)(F)F. The fourth-order valence-electron chi connectivity index (χ4n) is 4.64. The Hall–Kier alpha value is -4.90. The Balaban J connectivity index is 0.000000591. The van der Waals surface area contributed by atoms with E-state index in [9.17, 15) is 42.6 Å². The van der Waals surface area contributed by atoms with Crippen molar-refractivity contribution in [2.75, 3.05) is 17.6 Å². The number of aromatic hydroxyl groups is 1. The van der Waals surface area contributed by atoms with Crippen molar-refractivity contribution in [2.24, 2.45) is 5.73 Å². The number of fused-ring (bicyclic) bond motifs is 1. The molecule has 2 saturated heterocycles. The van der Waals surface area contributed by atoms with Crippen molar-refractivity contribution in [1.82, 2.24) is 9.80 Å². The molecule has 3 aliphatic heterocycles. The highest BCUT2D eigenvalue weighted by Crippen LogP contribution is 2.40. The van der Waals surface area contributed by atoms with Crippen LogP contribution in [0.2, 0.25) is 0 Å². The van der Waals surface area contributed by atoms with Crippen molar-refractivity contribution in [2.45, 2.75) is 37.1 Å². The van der Waals surface area contributed by atoms with Crippen LogP contribution in [0.25, 0.3) is 0 Å². The van der Waals surface area contributed by atoms with Gasteiger partial charge in [-0.3, -0.25) is 19.3 Å². The molecule has 1 aromatic carbocycles. The molecule has 0 bridgehead atoms. The number of carbonyl (C=O) groups is 5. The lowest BCUT2D eigenvalue weighted by atomic mass is 10.0. The number of phenolic OH excluding ortho intramolecular Hbond substituents is 1. The van der Waals surface area contributed by atoms with Crippen LogP contribution in [0.1, 0.15) is 12.0 Å². The van der Waals surface area contributed by atoms with Crippen molar-refractivity contribution in [1.29, 1.82) is 0 Å². The third-order valence-electron chi connectivity index (χ3n) is 6.86. The number of halogens is 3. The minimum absolute atomic E-state index is 0.0961. The summed E-state index contributed by atoms with van der Waals surface area (Å²) in [6.45, 7) is 0.965. The van der Waals surface area contributed by atoms with Crippen LogP contribution >= 0.6 is 11.8 Å². The molecule has 1 aromatic heterocycles. The third kappa shape index (κ3) is 7.79. The lowest BCUT2D eigenvalue weighted by molar-refractivity contribution is -0.684. The number of β-lactam (4-membered cyclic amide) rings is 1. The average Bonchev–Trinajstić information content (AvgIpc) is 3.32. The maximum absolute atomic E-state index is 13.0. The molecule has 3 aliphatic rings. The summed E-state index contributed by atoms with van der Waals surface area (Å²) in [5.74, 6) is -4.30. The molecule has 17 heteroatoms. The molecule has 2 fully saturated rings. The number of hydrogen-bond donors (Lipinski definition) is 5. The van der Waals surface area contributed by atoms with Gasteiger partial charge in [0.15, 0.2) is 12.4 Å². The molecular weight excluding hydrogens is 623 g/mol. The molecule has 3 amide bonds. The minimum Gasteiger partial charge on any atom is -0.508 e. The second-order valence-corrected chi connectivity index (χ2v) is 11.1. The van der Waals surface area contributed by atoms with Crippen molar-refractivity contribution in [3.63, 3.8) is 0 Å². The molecule has 238 valence electrons. The first-order valence-corrected chi connectivity index (χ1v) is 14.2. The van der Waals surface area contributed by atoms with Gasteiger partial charge in [-0.1, -0.05) is 0 Å². The number of carboxylic acids is 2. The normalized spacial score (nSPS) is 20.3. The Morgan fingerprint density at radius 1 is 1.09 bits per heavy atom. The highest BCUT2D eigenvalue weighted by atomic mass is 32.2. The van der Waals surface area contributed by atoms with Crippen LogP contribution in [0.3, 0.4) is 0 Å². The number of hydrogen-bond acceptors (Lipinski definition) is 8. The molecule has 6 N–H and O–H groups in total. The molecule has 2 aromatic rings. The zero-order valence-electron chi connectivity index (χ0n) is 23.2. The highest BCUT2D eigenvalue weighted by molar-refractivity contribution is 8.00. The average molecular weight is 651 g/mol. The van der Waals surface area contributed by atoms with Gasteiger partial charge in [0.1, 0.15) is 22.9 Å². The Bertz CT molecular complexity index is 1580. The molecular formula is C28H27F3N5O8S+. The Kier molecular flexibility index (Phi) is 9.82. The smallest absolute Gasteiger partial charge is 0.490 e. The van der Waals surface area contributed by atoms with Crippen LogP contribution in [-0.4, -0.2) is 84.7 Å². The maximum atomic E-state index is 13.0. The van der Waals surface area contributed by atoms with Crippen LogP contribution < -0.4 is 15.6 Å². The van der Waals surface area contributed by atoms with Crippen LogP contribution in [0.15, 0.2) is 71.7 Å². The van der Waals surface area contributed by atoms with Crippen molar-refractivity contribution in [3.05, 3.63) is 77.3 Å². The Morgan fingerprint density at radius 2 is 1.71 bits per heavy atom. The summed E-state index contributed by atoms with van der Waals surface area (Å²) in [7, 11) is 0. The van der Waals surface area contributed by atoms with E-state index in [1.54, 1.807) is 40.1 Å². The van der Waals surface area contributed by atoms with Crippen molar-refractivity contribution in [3.8, 4) is 5.75 Å². The van der Waals surface area contributed by atoms with Crippen molar-refractivity contribution >= 4 is 47.1 Å². The number of carboxylic acid groups (broad SMARTS) is 2. The number of phenols is 1. The molecule has 4 heterocycles. The topological polar surface area (TPSA) is 194 Å². The van der Waals surface area contributed by atoms with E-state index in [0.717, 1.165) is 5.56 Å². The summed E-state index contributed by atoms with van der Waals surface area (Å²) in [4.78, 5) is 61.2. The van der Waals surface area contributed by atoms with Gasteiger partial charge in [-0.25, -0.2) is 9.59 Å². The largest absolute Gasteiger partial charge is 0.508 e. The fourth-order valence-corrected chi connectivity index (χ4v) is 5.90. The van der Waals surface area contributed by atoms with Gasteiger partial charge < -0.3 is 31.3 Å². The number of pyridine rings is 1. The lowest BCUT2D eigenvalue weighted by Gasteiger charge is -2.47. The zero-order valence-corrected chi connectivity index (χ0v) is 24.0. The highest BCUT2D eigenvalue weighted by Gasteiger charge is 2.51. The van der Waals surface area contributed by atoms with Gasteiger partial charge in [-0.2, -0.15) is 17.7 Å². The number of nitrogens with one attached hydrogen (secondary N) is 1. The number of aliphatic carboxylic acids is 2. The number of benzene rings is 1. The molecule has 0 unspecified atom stereocenters. The van der Waals surface area contributed by atoms with E-state index in [1.165, 1.54) is 28.8 Å². The van der Waals surface area contributed by atoms with E-state index in [0.29, 0.717) is 42.1 Å². The number of likely N-dealkylation sites (tertiary alicyclic amines) is 1. The quantitative estimate of drug-likeness (QED) is 0.126. The Labute approximate surface area is 257 Å². The van der Waals surface area contributed by atoms with Crippen LogP contribution in [0.4, 0.5) is 18.9 Å². The van der Waals surface area contributed by atoms with E-state index in [-0.39, 0.29) is 35.2 Å². The van der Waals surface area contributed by atoms with Gasteiger partial charge in [0.05, 0.1) is 0 Å². The number of allylic oxidation sites excluding steroid dienone is 1. The van der Waals surface area contributed by atoms with Gasteiger partial charge >= 0.3 is 18.1 Å². The van der Waals surface area contributed by atoms with Gasteiger partial charge in [0, 0.05) is 42.2 Å². The zero-order chi connectivity index (χ0) is 33.1. The Morgan fingerprint density at radius 3 is 2.29 bits per heavy atom. The van der Waals surface area contributed by atoms with E-state index in [4.69, 9.17) is 15.6 Å². The molecule has 0 saturated carbocycles. The monoisotopic (exact) mass is 650 g/mol. The first-order chi connectivity index (χ1) is 21.1. The van der Waals surface area contributed by atoms with Gasteiger partial charge in [0.25, 0.3) is 5.91 Å². The van der Waals surface area contributed by atoms with E-state index < -0.39 is 30.1 Å². The third-order valence-corrected chi connectivity index (χ3v) is 8.18. The number of aromatic nitrogens is 1. The first kappa shape index (κ1) is 33.0. The van der Waals surface area contributed by atoms with Gasteiger partial charge in [-0.15, -0.1) is 11.8 Å². The summed E-state index contributed by atoms with van der Waals surface area (Å²) >= 11 is 1.40. The van der Waals surface area contributed by atoms with Gasteiger partial charge in [-0.05, 0) is 47.9 Å². The number of alkyl halides is 3. The van der Waals surface area contributed by atoms with E-state index in [2.05, 4.69) is 5.32 Å². The summed E-state index contributed by atoms with van der Waals surface area (Å²) in [6, 6.07) is 9.18.